The number of ether oxygens (including phenoxy) is 1. The maximum atomic E-state index is 12.8. The monoisotopic (exact) mass is 324 g/mol. The number of rotatable bonds is 5. The molecule has 1 heterocycles. The first-order valence-electron chi connectivity index (χ1n) is 8.56. The Balaban J connectivity index is 1.69. The Morgan fingerprint density at radius 2 is 1.96 bits per heavy atom. The predicted molar refractivity (Wildman–Crippen MR) is 94.9 cm³/mol. The summed E-state index contributed by atoms with van der Waals surface area (Å²) in [5, 5.41) is 0. The van der Waals surface area contributed by atoms with Crippen molar-refractivity contribution in [3.63, 3.8) is 0 Å². The summed E-state index contributed by atoms with van der Waals surface area (Å²) in [4.78, 5) is 14.7. The molecule has 1 saturated heterocycles. The number of likely N-dealkylation sites (tertiary alicyclic amines) is 1. The van der Waals surface area contributed by atoms with Crippen molar-refractivity contribution in [2.24, 2.45) is 5.73 Å². The van der Waals surface area contributed by atoms with Crippen LogP contribution in [0.5, 0.6) is 5.75 Å². The molecule has 2 aromatic rings. The first kappa shape index (κ1) is 16.5. The number of carbonyl (C=O) groups excluding carboxylic acids is 1. The molecule has 0 bridgehead atoms. The van der Waals surface area contributed by atoms with Crippen molar-refractivity contribution in [1.29, 1.82) is 0 Å². The fourth-order valence-electron chi connectivity index (χ4n) is 3.14. The molecule has 1 amide bonds. The maximum Gasteiger partial charge on any atom is 0.254 e. The minimum atomic E-state index is 0.0512. The molecule has 4 heteroatoms. The number of hydrogen-bond acceptors (Lipinski definition) is 3. The van der Waals surface area contributed by atoms with E-state index in [4.69, 9.17) is 10.5 Å². The normalized spacial score (nSPS) is 17.5. The molecule has 4 nitrogen and oxygen atoms in total. The second-order valence-electron chi connectivity index (χ2n) is 6.19. The van der Waals surface area contributed by atoms with Crippen molar-refractivity contribution < 1.29 is 9.53 Å². The van der Waals surface area contributed by atoms with Gasteiger partial charge >= 0.3 is 0 Å². The number of hydrogen-bond donors (Lipinski definition) is 1. The number of carbonyl (C=O) groups is 1. The van der Waals surface area contributed by atoms with Crippen molar-refractivity contribution in [2.75, 3.05) is 13.1 Å². The van der Waals surface area contributed by atoms with Gasteiger partial charge in [0.25, 0.3) is 5.91 Å². The summed E-state index contributed by atoms with van der Waals surface area (Å²) in [6.07, 6.45) is 3.19. The molecular weight excluding hydrogens is 300 g/mol. The SMILES string of the molecule is NCC1CCCCN1C(=O)c1cccc(OCc2ccccc2)c1. The topological polar surface area (TPSA) is 55.6 Å². The second kappa shape index (κ2) is 7.97. The van der Waals surface area contributed by atoms with Crippen LogP contribution in [0.2, 0.25) is 0 Å². The Labute approximate surface area is 143 Å². The first-order valence-corrected chi connectivity index (χ1v) is 8.56. The van der Waals surface area contributed by atoms with E-state index in [0.717, 1.165) is 31.4 Å². The predicted octanol–water partition coefficient (Wildman–Crippen LogP) is 3.22. The Bertz CT molecular complexity index is 672. The molecule has 1 aliphatic heterocycles. The summed E-state index contributed by atoms with van der Waals surface area (Å²) in [7, 11) is 0. The molecule has 1 fully saturated rings. The zero-order valence-electron chi connectivity index (χ0n) is 13.9. The van der Waals surface area contributed by atoms with Crippen molar-refractivity contribution in [1.82, 2.24) is 4.90 Å². The van der Waals surface area contributed by atoms with E-state index < -0.39 is 0 Å². The quantitative estimate of drug-likeness (QED) is 0.919. The number of piperidine rings is 1. The Morgan fingerprint density at radius 1 is 1.12 bits per heavy atom. The van der Waals surface area contributed by atoms with Crippen LogP contribution in [0, 0.1) is 0 Å². The lowest BCUT2D eigenvalue weighted by Gasteiger charge is -2.35. The van der Waals surface area contributed by atoms with Gasteiger partial charge in [0.15, 0.2) is 0 Å². The summed E-state index contributed by atoms with van der Waals surface area (Å²) < 4.78 is 5.83. The summed E-state index contributed by atoms with van der Waals surface area (Å²) in [5.74, 6) is 0.765. The van der Waals surface area contributed by atoms with E-state index in [1.54, 1.807) is 0 Å². The minimum Gasteiger partial charge on any atom is -0.489 e. The van der Waals surface area contributed by atoms with Gasteiger partial charge in [0, 0.05) is 24.7 Å². The van der Waals surface area contributed by atoms with Crippen LogP contribution < -0.4 is 10.5 Å². The number of nitrogens with zero attached hydrogens (tertiary/aromatic N) is 1. The molecule has 0 saturated carbocycles. The lowest BCUT2D eigenvalue weighted by atomic mass is 10.0. The van der Waals surface area contributed by atoms with Crippen LogP contribution in [0.25, 0.3) is 0 Å². The number of amides is 1. The van der Waals surface area contributed by atoms with Crippen LogP contribution in [0.1, 0.15) is 35.2 Å². The lowest BCUT2D eigenvalue weighted by molar-refractivity contribution is 0.0623. The summed E-state index contributed by atoms with van der Waals surface area (Å²) in [6.45, 7) is 1.80. The van der Waals surface area contributed by atoms with E-state index in [0.29, 0.717) is 24.5 Å². The smallest absolute Gasteiger partial charge is 0.254 e. The van der Waals surface area contributed by atoms with Gasteiger partial charge in [-0.25, -0.2) is 0 Å². The Hall–Kier alpha value is -2.33. The molecule has 2 N–H and O–H groups in total. The highest BCUT2D eigenvalue weighted by atomic mass is 16.5. The van der Waals surface area contributed by atoms with E-state index >= 15 is 0 Å². The van der Waals surface area contributed by atoms with Gasteiger partial charge in [0.2, 0.25) is 0 Å². The molecule has 3 rings (SSSR count). The summed E-state index contributed by atoms with van der Waals surface area (Å²) >= 11 is 0. The minimum absolute atomic E-state index is 0.0512. The van der Waals surface area contributed by atoms with Gasteiger partial charge in [-0.05, 0) is 43.0 Å². The third-order valence-corrected chi connectivity index (χ3v) is 4.49. The van der Waals surface area contributed by atoms with Crippen LogP contribution in [-0.2, 0) is 6.61 Å². The standard InChI is InChI=1S/C20H24N2O2/c21-14-18-10-4-5-12-22(18)20(23)17-9-6-11-19(13-17)24-15-16-7-2-1-3-8-16/h1-3,6-9,11,13,18H,4-5,10,12,14-15,21H2. The largest absolute Gasteiger partial charge is 0.489 e. The fourth-order valence-corrected chi connectivity index (χ4v) is 3.14. The van der Waals surface area contributed by atoms with E-state index in [2.05, 4.69) is 0 Å². The molecular formula is C20H24N2O2. The van der Waals surface area contributed by atoms with Crippen molar-refractivity contribution in [3.05, 3.63) is 65.7 Å². The molecule has 2 aromatic carbocycles. The van der Waals surface area contributed by atoms with Crippen LogP contribution in [-0.4, -0.2) is 29.9 Å². The van der Waals surface area contributed by atoms with Crippen LogP contribution in [0.15, 0.2) is 54.6 Å². The third kappa shape index (κ3) is 3.95. The van der Waals surface area contributed by atoms with Gasteiger partial charge in [0.1, 0.15) is 12.4 Å². The third-order valence-electron chi connectivity index (χ3n) is 4.49. The maximum absolute atomic E-state index is 12.8. The number of benzene rings is 2. The Morgan fingerprint density at radius 3 is 2.75 bits per heavy atom. The highest BCUT2D eigenvalue weighted by molar-refractivity contribution is 5.94. The molecule has 0 aliphatic carbocycles. The van der Waals surface area contributed by atoms with E-state index in [1.165, 1.54) is 0 Å². The van der Waals surface area contributed by atoms with E-state index in [1.807, 2.05) is 59.5 Å². The average molecular weight is 324 g/mol. The van der Waals surface area contributed by atoms with Crippen LogP contribution in [0.4, 0.5) is 0 Å². The molecule has 126 valence electrons. The lowest BCUT2D eigenvalue weighted by Crippen LogP contribution is -2.47. The van der Waals surface area contributed by atoms with Crippen LogP contribution >= 0.6 is 0 Å². The van der Waals surface area contributed by atoms with Gasteiger partial charge in [0.05, 0.1) is 0 Å². The zero-order valence-corrected chi connectivity index (χ0v) is 13.9. The molecule has 1 atom stereocenters. The van der Waals surface area contributed by atoms with Gasteiger partial charge in [-0.1, -0.05) is 36.4 Å². The first-order chi connectivity index (χ1) is 11.8. The summed E-state index contributed by atoms with van der Waals surface area (Å²) in [5.41, 5.74) is 7.61. The summed E-state index contributed by atoms with van der Waals surface area (Å²) in [6, 6.07) is 17.6. The fraction of sp³-hybridized carbons (Fsp3) is 0.350. The molecule has 24 heavy (non-hydrogen) atoms. The van der Waals surface area contributed by atoms with E-state index in [-0.39, 0.29) is 11.9 Å². The van der Waals surface area contributed by atoms with Gasteiger partial charge in [-0.2, -0.15) is 0 Å². The molecule has 0 spiro atoms. The molecule has 0 aromatic heterocycles. The number of nitrogens with two attached hydrogens (primary N) is 1. The van der Waals surface area contributed by atoms with Gasteiger partial charge in [-0.3, -0.25) is 4.79 Å². The second-order valence-corrected chi connectivity index (χ2v) is 6.19. The van der Waals surface area contributed by atoms with Gasteiger partial charge < -0.3 is 15.4 Å². The Kier molecular flexibility index (Phi) is 5.49. The highest BCUT2D eigenvalue weighted by Crippen LogP contribution is 2.21. The van der Waals surface area contributed by atoms with E-state index in [9.17, 15) is 4.79 Å². The van der Waals surface area contributed by atoms with Crippen molar-refractivity contribution >= 4 is 5.91 Å². The zero-order chi connectivity index (χ0) is 16.8. The van der Waals surface area contributed by atoms with Gasteiger partial charge in [-0.15, -0.1) is 0 Å². The molecule has 0 radical (unpaired) electrons. The molecule has 1 unspecified atom stereocenters. The van der Waals surface area contributed by atoms with Crippen molar-refractivity contribution in [3.8, 4) is 5.75 Å². The highest BCUT2D eigenvalue weighted by Gasteiger charge is 2.26. The average Bonchev–Trinajstić information content (AvgIpc) is 2.67. The molecule has 1 aliphatic rings. The van der Waals surface area contributed by atoms with Crippen molar-refractivity contribution in [2.45, 2.75) is 31.9 Å². The van der Waals surface area contributed by atoms with Crippen LogP contribution in [0.3, 0.4) is 0 Å².